The molecule has 0 aromatic rings. The van der Waals surface area contributed by atoms with E-state index in [1.54, 1.807) is 0 Å². The Morgan fingerprint density at radius 1 is 0.227 bits per heavy atom. The molecule has 0 saturated carbocycles. The third kappa shape index (κ3) is 62.9. The molecule has 0 amide bonds. The fraction of sp³-hybridized carbons (Fsp3) is 0.800. The minimum atomic E-state index is -0.740. The highest BCUT2D eigenvalue weighted by molar-refractivity contribution is 5.85. The second kappa shape index (κ2) is 40.4. The van der Waals surface area contributed by atoms with E-state index in [2.05, 4.69) is 0 Å². The fourth-order valence-electron chi connectivity index (χ4n) is 3.78. The van der Waals surface area contributed by atoms with Gasteiger partial charge < -0.3 is 30.6 Å². The van der Waals surface area contributed by atoms with E-state index in [1.165, 1.54) is 0 Å². The molecule has 12 nitrogen and oxygen atoms in total. The molecule has 0 saturated heterocycles. The smallest absolute Gasteiger partial charge is 0.303 e. The topological polar surface area (TPSA) is 224 Å². The van der Waals surface area contributed by atoms with Crippen LogP contribution in [0.25, 0.3) is 0 Å². The van der Waals surface area contributed by atoms with Crippen molar-refractivity contribution in [3.63, 3.8) is 0 Å². The Hall–Kier alpha value is -2.60. The first-order valence-corrected chi connectivity index (χ1v) is 15.2. The van der Waals surface area contributed by atoms with Gasteiger partial charge in [0.25, 0.3) is 0 Å². The molecule has 0 radical (unpaired) electrons. The van der Waals surface area contributed by atoms with Crippen LogP contribution in [0.3, 0.4) is 0 Å². The molecule has 0 aliphatic heterocycles. The van der Waals surface area contributed by atoms with E-state index in [9.17, 15) is 28.8 Å². The van der Waals surface area contributed by atoms with Crippen molar-refractivity contribution in [3.05, 3.63) is 0 Å². The third-order valence-electron chi connectivity index (χ3n) is 6.09. The molecule has 0 rings (SSSR count). The number of rotatable bonds is 27. The van der Waals surface area contributed by atoms with Crippen LogP contribution in [0, 0.1) is 0 Å². The molecule has 0 aliphatic carbocycles. The molecule has 0 aromatic carbocycles. The normalized spacial score (nSPS) is 9.55. The first-order valence-electron chi connectivity index (χ1n) is 15.2. The average molecular weight is 680 g/mol. The van der Waals surface area contributed by atoms with Gasteiger partial charge in [-0.1, -0.05) is 77.0 Å². The van der Waals surface area contributed by atoms with Gasteiger partial charge in [0.1, 0.15) is 0 Å². The molecule has 262 valence electrons. The summed E-state index contributed by atoms with van der Waals surface area (Å²) in [6.45, 7) is 0. The summed E-state index contributed by atoms with van der Waals surface area (Å²) in [6, 6.07) is 0. The predicted molar refractivity (Wildman–Crippen MR) is 171 cm³/mol. The summed E-state index contributed by atoms with van der Waals surface area (Å²) in [5, 5.41) is 50.1. The van der Waals surface area contributed by atoms with Gasteiger partial charge in [-0.15, -0.1) is 24.8 Å². The summed E-state index contributed by atoms with van der Waals surface area (Å²) in [4.78, 5) is 60.9. The molecule has 0 bridgehead atoms. The molecule has 0 aromatic heterocycles. The van der Waals surface area contributed by atoms with Crippen molar-refractivity contribution in [2.24, 2.45) is 0 Å². The van der Waals surface area contributed by atoms with Crippen LogP contribution in [0.15, 0.2) is 0 Å². The summed E-state index contributed by atoms with van der Waals surface area (Å²) >= 11 is 0. The average Bonchev–Trinajstić information content (AvgIpc) is 2.88. The van der Waals surface area contributed by atoms with Gasteiger partial charge in [0, 0.05) is 38.5 Å². The largest absolute Gasteiger partial charge is 0.481 e. The Bertz CT molecular complexity index is 578. The van der Waals surface area contributed by atoms with Crippen molar-refractivity contribution in [2.45, 2.75) is 154 Å². The van der Waals surface area contributed by atoms with Crippen LogP contribution in [0.2, 0.25) is 0 Å². The van der Waals surface area contributed by atoms with Crippen molar-refractivity contribution >= 4 is 60.6 Å². The van der Waals surface area contributed by atoms with Gasteiger partial charge >= 0.3 is 35.8 Å². The molecule has 0 aliphatic rings. The minimum Gasteiger partial charge on any atom is -0.481 e. The lowest BCUT2D eigenvalue weighted by atomic mass is 10.1. The fourth-order valence-corrected chi connectivity index (χ4v) is 3.78. The van der Waals surface area contributed by atoms with Crippen molar-refractivity contribution < 1.29 is 59.4 Å². The van der Waals surface area contributed by atoms with Gasteiger partial charge in [-0.3, -0.25) is 28.8 Å². The van der Waals surface area contributed by atoms with Crippen LogP contribution in [0.5, 0.6) is 0 Å². The maximum atomic E-state index is 10.1. The van der Waals surface area contributed by atoms with Crippen LogP contribution < -0.4 is 0 Å². The van der Waals surface area contributed by atoms with E-state index in [1.807, 2.05) is 0 Å². The lowest BCUT2D eigenvalue weighted by Crippen LogP contribution is -1.94. The maximum absolute atomic E-state index is 10.1. The van der Waals surface area contributed by atoms with Gasteiger partial charge in [0.05, 0.1) is 0 Å². The highest BCUT2D eigenvalue weighted by Gasteiger charge is 2.00. The van der Waals surface area contributed by atoms with Crippen molar-refractivity contribution in [1.82, 2.24) is 0 Å². The Morgan fingerprint density at radius 2 is 0.318 bits per heavy atom. The monoisotopic (exact) mass is 678 g/mol. The third-order valence-corrected chi connectivity index (χ3v) is 6.09. The standard InChI is InChI=1S/3C10H18O4.2ClH/c3*11-9(12)7-5-3-1-2-4-6-8-10(13)14;;/h3*1-8H2,(H,11,12)(H,13,14);2*1H. The van der Waals surface area contributed by atoms with Crippen molar-refractivity contribution in [2.75, 3.05) is 0 Å². The van der Waals surface area contributed by atoms with Crippen LogP contribution in [0.4, 0.5) is 0 Å². The Morgan fingerprint density at radius 3 is 0.409 bits per heavy atom. The van der Waals surface area contributed by atoms with Crippen LogP contribution in [-0.4, -0.2) is 66.5 Å². The van der Waals surface area contributed by atoms with Gasteiger partial charge in [0.15, 0.2) is 0 Å². The molecule has 14 heteroatoms. The number of hydrogen-bond donors (Lipinski definition) is 6. The minimum absolute atomic E-state index is 0. The molecule has 0 spiro atoms. The Labute approximate surface area is 273 Å². The van der Waals surface area contributed by atoms with Crippen molar-refractivity contribution in [1.29, 1.82) is 0 Å². The quantitative estimate of drug-likeness (QED) is 0.0460. The van der Waals surface area contributed by atoms with E-state index < -0.39 is 35.8 Å². The zero-order valence-corrected chi connectivity index (χ0v) is 27.6. The zero-order chi connectivity index (χ0) is 32.4. The molecule has 0 fully saturated rings. The van der Waals surface area contributed by atoms with Gasteiger partial charge in [-0.05, 0) is 38.5 Å². The first-order chi connectivity index (χ1) is 19.9. The van der Waals surface area contributed by atoms with Gasteiger partial charge in [-0.2, -0.15) is 0 Å². The summed E-state index contributed by atoms with van der Waals surface area (Å²) in [5.74, 6) is -4.44. The maximum Gasteiger partial charge on any atom is 0.303 e. The number of unbranched alkanes of at least 4 members (excludes halogenated alkanes) is 15. The summed E-state index contributed by atoms with van der Waals surface area (Å²) in [7, 11) is 0. The Kier molecular flexibility index (Phi) is 46.8. The molecular weight excluding hydrogens is 623 g/mol. The first kappa shape index (κ1) is 51.0. The number of carbonyl (C=O) groups is 6. The van der Waals surface area contributed by atoms with Gasteiger partial charge in [-0.25, -0.2) is 0 Å². The molecule has 0 atom stereocenters. The van der Waals surface area contributed by atoms with E-state index in [0.29, 0.717) is 0 Å². The van der Waals surface area contributed by atoms with E-state index in [0.717, 1.165) is 116 Å². The molecule has 44 heavy (non-hydrogen) atoms. The Balaban J connectivity index is -0.000000169. The van der Waals surface area contributed by atoms with Crippen molar-refractivity contribution in [3.8, 4) is 0 Å². The lowest BCUT2D eigenvalue weighted by molar-refractivity contribution is -0.138. The predicted octanol–water partition coefficient (Wildman–Crippen LogP) is 7.67. The zero-order valence-electron chi connectivity index (χ0n) is 25.9. The molecular formula is C30H56Cl2O12. The van der Waals surface area contributed by atoms with E-state index in [-0.39, 0.29) is 63.3 Å². The highest BCUT2D eigenvalue weighted by Crippen LogP contribution is 2.10. The molecule has 0 heterocycles. The molecule has 0 unspecified atom stereocenters. The number of carboxylic acid groups (broad SMARTS) is 6. The SMILES string of the molecule is Cl.Cl.O=C(O)CCCCCCCCC(=O)O.O=C(O)CCCCCCCCC(=O)O.O=C(O)CCCCCCCCC(=O)O. The lowest BCUT2D eigenvalue weighted by Gasteiger charge is -1.98. The number of hydrogen-bond acceptors (Lipinski definition) is 6. The summed E-state index contributed by atoms with van der Waals surface area (Å²) in [6.07, 6.45) is 17.5. The van der Waals surface area contributed by atoms with E-state index >= 15 is 0 Å². The van der Waals surface area contributed by atoms with Gasteiger partial charge in [0.2, 0.25) is 0 Å². The number of halogens is 2. The van der Waals surface area contributed by atoms with E-state index in [4.69, 9.17) is 30.6 Å². The summed E-state index contributed by atoms with van der Waals surface area (Å²) in [5.41, 5.74) is 0. The second-order valence-corrected chi connectivity index (χ2v) is 10.2. The number of aliphatic carboxylic acids is 6. The highest BCUT2D eigenvalue weighted by atomic mass is 35.5. The van der Waals surface area contributed by atoms with Crippen LogP contribution in [-0.2, 0) is 28.8 Å². The second-order valence-electron chi connectivity index (χ2n) is 10.2. The number of carboxylic acids is 6. The van der Waals surface area contributed by atoms with Crippen LogP contribution in [0.1, 0.15) is 154 Å². The van der Waals surface area contributed by atoms with Crippen LogP contribution >= 0.6 is 24.8 Å². The molecule has 6 N–H and O–H groups in total. The summed E-state index contributed by atoms with van der Waals surface area (Å²) < 4.78 is 0.